The molecule has 1 rings (SSSR count). The number of hydrogen-bond acceptors (Lipinski definition) is 4. The molecular formula is C8H15N5O. The number of carbonyl (C=O) groups is 1. The summed E-state index contributed by atoms with van der Waals surface area (Å²) in [6.45, 7) is 4.34. The van der Waals surface area contributed by atoms with E-state index in [1.54, 1.807) is 6.20 Å². The first-order valence-corrected chi connectivity index (χ1v) is 4.50. The van der Waals surface area contributed by atoms with Gasteiger partial charge in [-0.2, -0.15) is 0 Å². The van der Waals surface area contributed by atoms with Crippen LogP contribution in [0.4, 0.5) is 0 Å². The third kappa shape index (κ3) is 3.14. The third-order valence-corrected chi connectivity index (χ3v) is 1.55. The number of nitrogens with zero attached hydrogens (tertiary/aromatic N) is 3. The second-order valence-corrected chi connectivity index (χ2v) is 3.33. The van der Waals surface area contributed by atoms with E-state index in [9.17, 15) is 4.79 Å². The molecule has 0 aromatic carbocycles. The molecule has 1 heterocycles. The van der Waals surface area contributed by atoms with Gasteiger partial charge < -0.3 is 11.1 Å². The van der Waals surface area contributed by atoms with Crippen molar-refractivity contribution in [2.75, 3.05) is 0 Å². The fourth-order valence-corrected chi connectivity index (χ4v) is 1.02. The SMILES string of the molecule is CC(C)NC(=O)Cn1cc(CN)nn1. The summed E-state index contributed by atoms with van der Waals surface area (Å²) in [6.07, 6.45) is 1.67. The lowest BCUT2D eigenvalue weighted by molar-refractivity contribution is -0.122. The van der Waals surface area contributed by atoms with E-state index in [0.29, 0.717) is 12.2 Å². The molecule has 3 N–H and O–H groups in total. The van der Waals surface area contributed by atoms with Crippen molar-refractivity contribution in [2.24, 2.45) is 5.73 Å². The van der Waals surface area contributed by atoms with Gasteiger partial charge in [0.1, 0.15) is 6.54 Å². The van der Waals surface area contributed by atoms with Gasteiger partial charge >= 0.3 is 0 Å². The predicted octanol–water partition coefficient (Wildman–Crippen LogP) is -0.739. The van der Waals surface area contributed by atoms with E-state index in [2.05, 4.69) is 15.6 Å². The molecule has 1 aromatic heterocycles. The van der Waals surface area contributed by atoms with Gasteiger partial charge in [-0.15, -0.1) is 5.10 Å². The summed E-state index contributed by atoms with van der Waals surface area (Å²) in [6, 6.07) is 0.139. The van der Waals surface area contributed by atoms with Gasteiger partial charge in [-0.25, -0.2) is 4.68 Å². The average molecular weight is 197 g/mol. The van der Waals surface area contributed by atoms with Crippen LogP contribution >= 0.6 is 0 Å². The Morgan fingerprint density at radius 2 is 2.43 bits per heavy atom. The minimum atomic E-state index is -0.0755. The van der Waals surface area contributed by atoms with Crippen LogP contribution in [0, 0.1) is 0 Å². The standard InChI is InChI=1S/C8H15N5O/c1-6(2)10-8(14)5-13-4-7(3-9)11-12-13/h4,6H,3,5,9H2,1-2H3,(H,10,14). The topological polar surface area (TPSA) is 85.8 Å². The van der Waals surface area contributed by atoms with E-state index in [4.69, 9.17) is 5.73 Å². The third-order valence-electron chi connectivity index (χ3n) is 1.55. The fourth-order valence-electron chi connectivity index (χ4n) is 1.02. The van der Waals surface area contributed by atoms with Crippen LogP contribution in [0.3, 0.4) is 0 Å². The Hall–Kier alpha value is -1.43. The largest absolute Gasteiger partial charge is 0.352 e. The molecule has 78 valence electrons. The van der Waals surface area contributed by atoms with Crippen LogP contribution in [0.2, 0.25) is 0 Å². The number of rotatable bonds is 4. The first kappa shape index (κ1) is 10.6. The normalized spacial score (nSPS) is 10.6. The summed E-state index contributed by atoms with van der Waals surface area (Å²) in [7, 11) is 0. The second kappa shape index (κ2) is 4.71. The second-order valence-electron chi connectivity index (χ2n) is 3.33. The highest BCUT2D eigenvalue weighted by atomic mass is 16.2. The highest BCUT2D eigenvalue weighted by Gasteiger charge is 2.05. The lowest BCUT2D eigenvalue weighted by atomic mass is 10.4. The molecule has 6 nitrogen and oxygen atoms in total. The maximum Gasteiger partial charge on any atom is 0.241 e. The molecule has 0 saturated heterocycles. The monoisotopic (exact) mass is 197 g/mol. The smallest absolute Gasteiger partial charge is 0.241 e. The van der Waals surface area contributed by atoms with Crippen molar-refractivity contribution in [3.8, 4) is 0 Å². The Labute approximate surface area is 82.5 Å². The quantitative estimate of drug-likeness (QED) is 0.665. The fraction of sp³-hybridized carbons (Fsp3) is 0.625. The molecule has 0 aliphatic carbocycles. The summed E-state index contributed by atoms with van der Waals surface area (Å²) >= 11 is 0. The minimum Gasteiger partial charge on any atom is -0.352 e. The summed E-state index contributed by atoms with van der Waals surface area (Å²) in [5, 5.41) is 10.3. The molecule has 0 aliphatic rings. The molecule has 0 unspecified atom stereocenters. The summed E-state index contributed by atoms with van der Waals surface area (Å²) < 4.78 is 1.47. The van der Waals surface area contributed by atoms with Crippen molar-refractivity contribution < 1.29 is 4.79 Å². The molecule has 6 heteroatoms. The van der Waals surface area contributed by atoms with Crippen LogP contribution in [-0.2, 0) is 17.9 Å². The molecule has 0 saturated carbocycles. The summed E-state index contributed by atoms with van der Waals surface area (Å²) in [5.41, 5.74) is 6.04. The Bertz CT molecular complexity index is 306. The average Bonchev–Trinajstić information content (AvgIpc) is 2.50. The zero-order valence-corrected chi connectivity index (χ0v) is 8.40. The predicted molar refractivity (Wildman–Crippen MR) is 51.2 cm³/mol. The molecule has 0 bridgehead atoms. The molecule has 0 radical (unpaired) electrons. The number of hydrogen-bond donors (Lipinski definition) is 2. The number of carbonyl (C=O) groups excluding carboxylic acids is 1. The summed E-state index contributed by atoms with van der Waals surface area (Å²) in [4.78, 5) is 11.3. The van der Waals surface area contributed by atoms with E-state index >= 15 is 0 Å². The van der Waals surface area contributed by atoms with Crippen LogP contribution < -0.4 is 11.1 Å². The zero-order chi connectivity index (χ0) is 10.6. The molecule has 0 aliphatic heterocycles. The molecular weight excluding hydrogens is 182 g/mol. The number of nitrogens with two attached hydrogens (primary N) is 1. The van der Waals surface area contributed by atoms with Crippen molar-refractivity contribution in [2.45, 2.75) is 33.0 Å². The van der Waals surface area contributed by atoms with Gasteiger partial charge in [-0.05, 0) is 13.8 Å². The zero-order valence-electron chi connectivity index (χ0n) is 8.40. The van der Waals surface area contributed by atoms with Gasteiger partial charge in [-0.1, -0.05) is 5.21 Å². The van der Waals surface area contributed by atoms with Crippen molar-refractivity contribution >= 4 is 5.91 Å². The molecule has 0 atom stereocenters. The Balaban J connectivity index is 2.47. The van der Waals surface area contributed by atoms with Gasteiger partial charge in [0.15, 0.2) is 0 Å². The Kier molecular flexibility index (Phi) is 3.58. The molecule has 0 spiro atoms. The van der Waals surface area contributed by atoms with Crippen molar-refractivity contribution in [1.82, 2.24) is 20.3 Å². The Morgan fingerprint density at radius 3 is 2.93 bits per heavy atom. The van der Waals surface area contributed by atoms with Crippen molar-refractivity contribution in [1.29, 1.82) is 0 Å². The van der Waals surface area contributed by atoms with Crippen molar-refractivity contribution in [3.05, 3.63) is 11.9 Å². The summed E-state index contributed by atoms with van der Waals surface area (Å²) in [5.74, 6) is -0.0755. The van der Waals surface area contributed by atoms with E-state index in [1.807, 2.05) is 13.8 Å². The van der Waals surface area contributed by atoms with Crippen LogP contribution in [-0.4, -0.2) is 26.9 Å². The lowest BCUT2D eigenvalue weighted by Gasteiger charge is -2.07. The molecule has 0 fully saturated rings. The molecule has 1 aromatic rings. The number of nitrogens with one attached hydrogen (secondary N) is 1. The maximum atomic E-state index is 11.3. The van der Waals surface area contributed by atoms with Crippen LogP contribution in [0.5, 0.6) is 0 Å². The highest BCUT2D eigenvalue weighted by Crippen LogP contribution is 1.91. The first-order valence-electron chi connectivity index (χ1n) is 4.50. The Morgan fingerprint density at radius 1 is 1.71 bits per heavy atom. The molecule has 14 heavy (non-hydrogen) atoms. The van der Waals surface area contributed by atoms with E-state index < -0.39 is 0 Å². The first-order chi connectivity index (χ1) is 6.61. The van der Waals surface area contributed by atoms with E-state index in [0.717, 1.165) is 0 Å². The van der Waals surface area contributed by atoms with Crippen LogP contribution in [0.1, 0.15) is 19.5 Å². The highest BCUT2D eigenvalue weighted by molar-refractivity contribution is 5.75. The molecule has 1 amide bonds. The van der Waals surface area contributed by atoms with Gasteiger partial charge in [0.2, 0.25) is 5.91 Å². The number of aromatic nitrogens is 3. The maximum absolute atomic E-state index is 11.3. The van der Waals surface area contributed by atoms with Gasteiger partial charge in [-0.3, -0.25) is 4.79 Å². The lowest BCUT2D eigenvalue weighted by Crippen LogP contribution is -2.33. The van der Waals surface area contributed by atoms with E-state index in [-0.39, 0.29) is 18.5 Å². The van der Waals surface area contributed by atoms with E-state index in [1.165, 1.54) is 4.68 Å². The van der Waals surface area contributed by atoms with Gasteiger partial charge in [0.05, 0.1) is 11.9 Å². The number of amides is 1. The van der Waals surface area contributed by atoms with Crippen LogP contribution in [0.15, 0.2) is 6.20 Å². The van der Waals surface area contributed by atoms with Crippen molar-refractivity contribution in [3.63, 3.8) is 0 Å². The minimum absolute atomic E-state index is 0.0755. The van der Waals surface area contributed by atoms with Gasteiger partial charge in [0, 0.05) is 12.6 Å². The van der Waals surface area contributed by atoms with Crippen LogP contribution in [0.25, 0.3) is 0 Å². The van der Waals surface area contributed by atoms with Gasteiger partial charge in [0.25, 0.3) is 0 Å².